The summed E-state index contributed by atoms with van der Waals surface area (Å²) < 4.78 is 24.8. The Hall–Kier alpha value is -3.29. The average Bonchev–Trinajstić information content (AvgIpc) is 2.72. The average molecular weight is 416 g/mol. The van der Waals surface area contributed by atoms with Crippen molar-refractivity contribution in [2.75, 3.05) is 32.1 Å². The highest BCUT2D eigenvalue weighted by Crippen LogP contribution is 2.17. The Morgan fingerprint density at radius 3 is 2.60 bits per heavy atom. The first kappa shape index (κ1) is 23.0. The lowest BCUT2D eigenvalue weighted by Crippen LogP contribution is -2.43. The van der Waals surface area contributed by atoms with E-state index in [0.717, 1.165) is 6.42 Å². The summed E-state index contributed by atoms with van der Waals surface area (Å²) in [6.07, 6.45) is 0.631. The third-order valence-corrected chi connectivity index (χ3v) is 4.09. The molecule has 2 rings (SSSR count). The van der Waals surface area contributed by atoms with Crippen molar-refractivity contribution in [2.45, 2.75) is 26.4 Å². The van der Waals surface area contributed by atoms with Crippen molar-refractivity contribution in [1.82, 2.24) is 10.6 Å². The molecule has 0 fully saturated rings. The Labute approximate surface area is 176 Å². The summed E-state index contributed by atoms with van der Waals surface area (Å²) in [5, 5.41) is 9.09. The highest BCUT2D eigenvalue weighted by Gasteiger charge is 2.10. The Morgan fingerprint density at radius 2 is 1.90 bits per heavy atom. The molecule has 3 N–H and O–H groups in total. The number of benzene rings is 2. The number of carbonyl (C=O) groups excluding carboxylic acids is 1. The van der Waals surface area contributed by atoms with Crippen LogP contribution in [0.25, 0.3) is 0 Å². The molecule has 0 heterocycles. The summed E-state index contributed by atoms with van der Waals surface area (Å²) in [6.45, 7) is 4.94. The Kier molecular flexibility index (Phi) is 9.44. The number of anilines is 1. The topological polar surface area (TPSA) is 84.0 Å². The quantitative estimate of drug-likeness (QED) is 0.315. The summed E-state index contributed by atoms with van der Waals surface area (Å²) in [4.78, 5) is 15.3. The first-order chi connectivity index (χ1) is 14.5. The van der Waals surface area contributed by atoms with Gasteiger partial charge in [-0.1, -0.05) is 19.1 Å². The summed E-state index contributed by atoms with van der Waals surface area (Å²) in [6, 6.07) is 13.3. The van der Waals surface area contributed by atoms with Crippen LogP contribution >= 0.6 is 0 Å². The third-order valence-electron chi connectivity index (χ3n) is 4.09. The Bertz CT molecular complexity index is 845. The van der Waals surface area contributed by atoms with Crippen LogP contribution in [0.2, 0.25) is 0 Å². The molecule has 0 spiro atoms. The second-order valence-corrected chi connectivity index (χ2v) is 6.54. The van der Waals surface area contributed by atoms with Crippen molar-refractivity contribution < 1.29 is 18.7 Å². The summed E-state index contributed by atoms with van der Waals surface area (Å²) in [7, 11) is 1.68. The molecule has 1 atom stereocenters. The number of guanidine groups is 1. The molecule has 1 unspecified atom stereocenters. The molecule has 7 nitrogen and oxygen atoms in total. The molecule has 0 aliphatic rings. The maximum atomic E-state index is 13.3. The van der Waals surface area contributed by atoms with Gasteiger partial charge < -0.3 is 25.4 Å². The predicted molar refractivity (Wildman–Crippen MR) is 117 cm³/mol. The van der Waals surface area contributed by atoms with E-state index in [1.165, 1.54) is 19.1 Å². The van der Waals surface area contributed by atoms with E-state index in [1.807, 2.05) is 19.1 Å². The second-order valence-electron chi connectivity index (χ2n) is 6.54. The Morgan fingerprint density at radius 1 is 1.13 bits per heavy atom. The van der Waals surface area contributed by atoms with Crippen LogP contribution in [-0.4, -0.2) is 44.7 Å². The van der Waals surface area contributed by atoms with Crippen LogP contribution < -0.4 is 25.4 Å². The smallest absolute Gasteiger partial charge is 0.221 e. The molecular weight excluding hydrogens is 387 g/mol. The number of hydrogen-bond donors (Lipinski definition) is 3. The SMILES string of the molecule is CCC(CNC(=NC)NCCOc1cccc(NC(C)=O)c1)Oc1cccc(F)c1. The van der Waals surface area contributed by atoms with Gasteiger partial charge in [0, 0.05) is 31.8 Å². The molecule has 0 saturated carbocycles. The minimum atomic E-state index is -0.324. The first-order valence-electron chi connectivity index (χ1n) is 9.87. The van der Waals surface area contributed by atoms with E-state index in [-0.39, 0.29) is 17.8 Å². The fourth-order valence-corrected chi connectivity index (χ4v) is 2.64. The number of nitrogens with one attached hydrogen (secondary N) is 3. The van der Waals surface area contributed by atoms with Gasteiger partial charge in [-0.3, -0.25) is 9.79 Å². The monoisotopic (exact) mass is 416 g/mol. The van der Waals surface area contributed by atoms with Gasteiger partial charge in [-0.05, 0) is 30.7 Å². The van der Waals surface area contributed by atoms with Gasteiger partial charge >= 0.3 is 0 Å². The van der Waals surface area contributed by atoms with Crippen LogP contribution in [0.1, 0.15) is 20.3 Å². The highest BCUT2D eigenvalue weighted by molar-refractivity contribution is 5.88. The molecule has 0 saturated heterocycles. The van der Waals surface area contributed by atoms with Crippen LogP contribution in [0.4, 0.5) is 10.1 Å². The summed E-state index contributed by atoms with van der Waals surface area (Å²) in [5.74, 6) is 1.33. The molecular formula is C22H29FN4O3. The number of carbonyl (C=O) groups is 1. The number of nitrogens with zero attached hydrogens (tertiary/aromatic N) is 1. The lowest BCUT2D eigenvalue weighted by atomic mass is 10.2. The van der Waals surface area contributed by atoms with E-state index < -0.39 is 0 Å². The van der Waals surface area contributed by atoms with Crippen molar-refractivity contribution >= 4 is 17.6 Å². The third kappa shape index (κ3) is 8.38. The van der Waals surface area contributed by atoms with Crippen molar-refractivity contribution in [3.8, 4) is 11.5 Å². The van der Waals surface area contributed by atoms with Gasteiger partial charge in [0.05, 0.1) is 13.1 Å². The highest BCUT2D eigenvalue weighted by atomic mass is 19.1. The molecule has 0 radical (unpaired) electrons. The molecule has 8 heteroatoms. The molecule has 2 aromatic rings. The zero-order chi connectivity index (χ0) is 21.8. The molecule has 2 aromatic carbocycles. The number of rotatable bonds is 10. The second kappa shape index (κ2) is 12.3. The van der Waals surface area contributed by atoms with Gasteiger partial charge in [-0.25, -0.2) is 4.39 Å². The number of ether oxygens (including phenoxy) is 2. The summed E-state index contributed by atoms with van der Waals surface area (Å²) >= 11 is 0. The summed E-state index contributed by atoms with van der Waals surface area (Å²) in [5.41, 5.74) is 0.689. The van der Waals surface area contributed by atoms with Crippen molar-refractivity contribution in [2.24, 2.45) is 4.99 Å². The zero-order valence-electron chi connectivity index (χ0n) is 17.6. The molecule has 162 valence electrons. The van der Waals surface area contributed by atoms with Crippen LogP contribution in [-0.2, 0) is 4.79 Å². The normalized spacial score (nSPS) is 12.1. The standard InChI is InChI=1S/C22H29FN4O3/c1-4-19(30-21-10-5-7-17(23)13-21)15-26-22(24-3)25-11-12-29-20-9-6-8-18(14-20)27-16(2)28/h5-10,13-14,19H,4,11-12,15H2,1-3H3,(H,27,28)(H2,24,25,26). The zero-order valence-corrected chi connectivity index (χ0v) is 17.6. The van der Waals surface area contributed by atoms with Gasteiger partial charge in [-0.2, -0.15) is 0 Å². The molecule has 0 aromatic heterocycles. The van der Waals surface area contributed by atoms with E-state index in [9.17, 15) is 9.18 Å². The fourth-order valence-electron chi connectivity index (χ4n) is 2.64. The minimum Gasteiger partial charge on any atom is -0.492 e. The van der Waals surface area contributed by atoms with Crippen molar-refractivity contribution in [1.29, 1.82) is 0 Å². The van der Waals surface area contributed by atoms with Crippen molar-refractivity contribution in [3.63, 3.8) is 0 Å². The molecule has 1 amide bonds. The number of halogens is 1. The van der Waals surface area contributed by atoms with Crippen molar-refractivity contribution in [3.05, 3.63) is 54.3 Å². The lowest BCUT2D eigenvalue weighted by Gasteiger charge is -2.20. The van der Waals surface area contributed by atoms with Crippen LogP contribution in [0.5, 0.6) is 11.5 Å². The van der Waals surface area contributed by atoms with Gasteiger partial charge in [0.25, 0.3) is 0 Å². The molecule has 0 aliphatic carbocycles. The predicted octanol–water partition coefficient (Wildman–Crippen LogP) is 3.19. The van der Waals surface area contributed by atoms with E-state index in [0.29, 0.717) is 42.8 Å². The Balaban J connectivity index is 1.73. The largest absolute Gasteiger partial charge is 0.492 e. The van der Waals surface area contributed by atoms with E-state index >= 15 is 0 Å². The molecule has 0 bridgehead atoms. The van der Waals surface area contributed by atoms with Crippen LogP contribution in [0.3, 0.4) is 0 Å². The van der Waals surface area contributed by atoms with Gasteiger partial charge in [0.15, 0.2) is 5.96 Å². The van der Waals surface area contributed by atoms with E-state index in [4.69, 9.17) is 9.47 Å². The number of amides is 1. The number of hydrogen-bond acceptors (Lipinski definition) is 4. The van der Waals surface area contributed by atoms with Crippen LogP contribution in [0.15, 0.2) is 53.5 Å². The first-order valence-corrected chi connectivity index (χ1v) is 9.87. The van der Waals surface area contributed by atoms with Crippen LogP contribution in [0, 0.1) is 5.82 Å². The maximum Gasteiger partial charge on any atom is 0.221 e. The van der Waals surface area contributed by atoms with E-state index in [2.05, 4.69) is 20.9 Å². The maximum absolute atomic E-state index is 13.3. The van der Waals surface area contributed by atoms with Gasteiger partial charge in [0.2, 0.25) is 5.91 Å². The fraction of sp³-hybridized carbons (Fsp3) is 0.364. The number of aliphatic imine (C=N–C) groups is 1. The van der Waals surface area contributed by atoms with Gasteiger partial charge in [0.1, 0.15) is 30.0 Å². The van der Waals surface area contributed by atoms with Gasteiger partial charge in [-0.15, -0.1) is 0 Å². The molecule has 0 aliphatic heterocycles. The molecule has 30 heavy (non-hydrogen) atoms. The minimum absolute atomic E-state index is 0.127. The van der Waals surface area contributed by atoms with E-state index in [1.54, 1.807) is 31.3 Å². The lowest BCUT2D eigenvalue weighted by molar-refractivity contribution is -0.114.